The van der Waals surface area contributed by atoms with Crippen molar-refractivity contribution < 1.29 is 14.7 Å². The third-order valence-electron chi connectivity index (χ3n) is 3.69. The van der Waals surface area contributed by atoms with Crippen molar-refractivity contribution in [1.29, 1.82) is 0 Å². The van der Waals surface area contributed by atoms with Crippen LogP contribution in [-0.2, 0) is 16.0 Å². The highest BCUT2D eigenvalue weighted by molar-refractivity contribution is 5.84. The Morgan fingerprint density at radius 2 is 1.68 bits per heavy atom. The molecule has 1 amide bonds. The number of amides is 1. The van der Waals surface area contributed by atoms with Crippen LogP contribution in [0.25, 0.3) is 0 Å². The third kappa shape index (κ3) is 7.81. The number of unbranched alkanes of at least 4 members (excludes halogenated alkanes) is 5. The molecule has 0 spiro atoms. The molecule has 122 valence electrons. The molecule has 0 radical (unpaired) electrons. The first-order valence-corrected chi connectivity index (χ1v) is 8.19. The predicted octanol–water partition coefficient (Wildman–Crippen LogP) is 3.55. The first-order chi connectivity index (χ1) is 10.6. The summed E-state index contributed by atoms with van der Waals surface area (Å²) >= 11 is 0. The van der Waals surface area contributed by atoms with Gasteiger partial charge in [-0.15, -0.1) is 0 Å². The van der Waals surface area contributed by atoms with Crippen molar-refractivity contribution in [2.75, 3.05) is 0 Å². The second kappa shape index (κ2) is 10.8. The number of benzene rings is 1. The minimum Gasteiger partial charge on any atom is -0.480 e. The van der Waals surface area contributed by atoms with E-state index in [2.05, 4.69) is 12.2 Å². The standard InChI is InChI=1S/C18H27NO3/c1-2-3-4-5-6-10-13-16(18(21)22)19-17(20)14-15-11-8-7-9-12-15/h7-9,11-12,16H,2-6,10,13-14H2,1H3,(H,19,20)(H,21,22)/t16-/m1/s1. The van der Waals surface area contributed by atoms with Gasteiger partial charge in [-0.3, -0.25) is 4.79 Å². The maximum Gasteiger partial charge on any atom is 0.326 e. The third-order valence-corrected chi connectivity index (χ3v) is 3.69. The molecule has 4 heteroatoms. The molecule has 0 aliphatic carbocycles. The summed E-state index contributed by atoms with van der Waals surface area (Å²) in [4.78, 5) is 23.2. The second-order valence-corrected chi connectivity index (χ2v) is 5.68. The Labute approximate surface area is 132 Å². The second-order valence-electron chi connectivity index (χ2n) is 5.68. The van der Waals surface area contributed by atoms with Crippen molar-refractivity contribution in [2.45, 2.75) is 64.3 Å². The Morgan fingerprint density at radius 1 is 1.05 bits per heavy atom. The first kappa shape index (κ1) is 18.2. The molecule has 0 saturated carbocycles. The molecule has 0 aliphatic rings. The summed E-state index contributed by atoms with van der Waals surface area (Å²) in [5.41, 5.74) is 0.892. The Kier molecular flexibility index (Phi) is 8.96. The quantitative estimate of drug-likeness (QED) is 0.614. The smallest absolute Gasteiger partial charge is 0.326 e. The molecule has 1 rings (SSSR count). The van der Waals surface area contributed by atoms with E-state index in [0.29, 0.717) is 6.42 Å². The van der Waals surface area contributed by atoms with Crippen molar-refractivity contribution in [3.05, 3.63) is 35.9 Å². The van der Waals surface area contributed by atoms with Crippen LogP contribution in [0.4, 0.5) is 0 Å². The molecule has 0 bridgehead atoms. The lowest BCUT2D eigenvalue weighted by atomic mass is 10.1. The Bertz CT molecular complexity index is 445. The van der Waals surface area contributed by atoms with E-state index in [-0.39, 0.29) is 12.3 Å². The first-order valence-electron chi connectivity index (χ1n) is 8.19. The number of carboxylic acids is 1. The minimum atomic E-state index is -0.949. The van der Waals surface area contributed by atoms with Gasteiger partial charge in [0.1, 0.15) is 6.04 Å². The lowest BCUT2D eigenvalue weighted by Crippen LogP contribution is -2.41. The number of hydrogen-bond donors (Lipinski definition) is 2. The van der Waals surface area contributed by atoms with Crippen molar-refractivity contribution in [3.63, 3.8) is 0 Å². The van der Waals surface area contributed by atoms with Gasteiger partial charge in [0.15, 0.2) is 0 Å². The van der Waals surface area contributed by atoms with Gasteiger partial charge in [-0.2, -0.15) is 0 Å². The number of rotatable bonds is 11. The Hall–Kier alpha value is -1.84. The zero-order valence-corrected chi connectivity index (χ0v) is 13.4. The average Bonchev–Trinajstić information content (AvgIpc) is 2.50. The van der Waals surface area contributed by atoms with Gasteiger partial charge >= 0.3 is 5.97 Å². The molecule has 0 unspecified atom stereocenters. The van der Waals surface area contributed by atoms with E-state index in [1.807, 2.05) is 30.3 Å². The van der Waals surface area contributed by atoms with E-state index in [9.17, 15) is 14.7 Å². The Balaban J connectivity index is 2.31. The van der Waals surface area contributed by atoms with Crippen LogP contribution in [0.5, 0.6) is 0 Å². The summed E-state index contributed by atoms with van der Waals surface area (Å²) in [6, 6.07) is 8.58. The van der Waals surface area contributed by atoms with Crippen LogP contribution in [0.1, 0.15) is 57.4 Å². The highest BCUT2D eigenvalue weighted by atomic mass is 16.4. The molecule has 0 heterocycles. The maximum atomic E-state index is 11.9. The van der Waals surface area contributed by atoms with E-state index < -0.39 is 12.0 Å². The molecule has 1 atom stereocenters. The fourth-order valence-corrected chi connectivity index (χ4v) is 2.41. The lowest BCUT2D eigenvalue weighted by Gasteiger charge is -2.14. The molecule has 2 N–H and O–H groups in total. The zero-order valence-electron chi connectivity index (χ0n) is 13.4. The van der Waals surface area contributed by atoms with Gasteiger partial charge in [0.2, 0.25) is 5.91 Å². The van der Waals surface area contributed by atoms with E-state index in [1.165, 1.54) is 19.3 Å². The van der Waals surface area contributed by atoms with Gasteiger partial charge in [0.25, 0.3) is 0 Å². The average molecular weight is 305 g/mol. The number of nitrogens with one attached hydrogen (secondary N) is 1. The number of carboxylic acid groups (broad SMARTS) is 1. The molecule has 22 heavy (non-hydrogen) atoms. The molecule has 4 nitrogen and oxygen atoms in total. The fourth-order valence-electron chi connectivity index (χ4n) is 2.41. The number of carbonyl (C=O) groups is 2. The van der Waals surface area contributed by atoms with Crippen LogP contribution in [0.3, 0.4) is 0 Å². The molecule has 1 aromatic rings. The van der Waals surface area contributed by atoms with Gasteiger partial charge in [-0.25, -0.2) is 4.79 Å². The summed E-state index contributed by atoms with van der Waals surface area (Å²) in [7, 11) is 0. The minimum absolute atomic E-state index is 0.223. The molecule has 0 aromatic heterocycles. The van der Waals surface area contributed by atoms with E-state index in [1.54, 1.807) is 0 Å². The summed E-state index contributed by atoms with van der Waals surface area (Å²) in [5.74, 6) is -1.18. The zero-order chi connectivity index (χ0) is 16.2. The van der Waals surface area contributed by atoms with Crippen LogP contribution in [0.2, 0.25) is 0 Å². The number of hydrogen-bond acceptors (Lipinski definition) is 2. The van der Waals surface area contributed by atoms with Crippen LogP contribution in [0, 0.1) is 0 Å². The molecule has 1 aromatic carbocycles. The largest absolute Gasteiger partial charge is 0.480 e. The summed E-state index contributed by atoms with van der Waals surface area (Å²) in [6.45, 7) is 2.17. The number of carbonyl (C=O) groups excluding carboxylic acids is 1. The van der Waals surface area contributed by atoms with Gasteiger partial charge < -0.3 is 10.4 Å². The molecular formula is C18H27NO3. The maximum absolute atomic E-state index is 11.9. The summed E-state index contributed by atoms with van der Waals surface area (Å²) < 4.78 is 0. The van der Waals surface area contributed by atoms with Crippen molar-refractivity contribution in [2.24, 2.45) is 0 Å². The topological polar surface area (TPSA) is 66.4 Å². The van der Waals surface area contributed by atoms with Crippen LogP contribution >= 0.6 is 0 Å². The fraction of sp³-hybridized carbons (Fsp3) is 0.556. The molecule has 0 saturated heterocycles. The van der Waals surface area contributed by atoms with Crippen LogP contribution < -0.4 is 5.32 Å². The van der Waals surface area contributed by atoms with Gasteiger partial charge in [0.05, 0.1) is 6.42 Å². The van der Waals surface area contributed by atoms with Crippen molar-refractivity contribution >= 4 is 11.9 Å². The van der Waals surface area contributed by atoms with Crippen molar-refractivity contribution in [3.8, 4) is 0 Å². The highest BCUT2D eigenvalue weighted by Crippen LogP contribution is 2.09. The van der Waals surface area contributed by atoms with E-state index in [4.69, 9.17) is 0 Å². The SMILES string of the molecule is CCCCCCCC[C@@H](NC(=O)Cc1ccccc1)C(=O)O. The lowest BCUT2D eigenvalue weighted by molar-refractivity contribution is -0.142. The molecular weight excluding hydrogens is 278 g/mol. The number of aliphatic carboxylic acids is 1. The van der Waals surface area contributed by atoms with Crippen molar-refractivity contribution in [1.82, 2.24) is 5.32 Å². The predicted molar refractivity (Wildman–Crippen MR) is 87.7 cm³/mol. The van der Waals surface area contributed by atoms with Crippen LogP contribution in [-0.4, -0.2) is 23.0 Å². The highest BCUT2D eigenvalue weighted by Gasteiger charge is 2.19. The van der Waals surface area contributed by atoms with Gasteiger partial charge in [-0.1, -0.05) is 75.8 Å². The summed E-state index contributed by atoms with van der Waals surface area (Å²) in [6.07, 6.45) is 7.37. The van der Waals surface area contributed by atoms with Crippen LogP contribution in [0.15, 0.2) is 30.3 Å². The monoisotopic (exact) mass is 305 g/mol. The van der Waals surface area contributed by atoms with Gasteiger partial charge in [0, 0.05) is 0 Å². The normalized spacial score (nSPS) is 11.9. The van der Waals surface area contributed by atoms with Gasteiger partial charge in [-0.05, 0) is 12.0 Å². The molecule has 0 fully saturated rings. The van der Waals surface area contributed by atoms with E-state index >= 15 is 0 Å². The van der Waals surface area contributed by atoms with E-state index in [0.717, 1.165) is 24.8 Å². The Morgan fingerprint density at radius 3 is 2.32 bits per heavy atom. The molecule has 0 aliphatic heterocycles. The summed E-state index contributed by atoms with van der Waals surface area (Å²) in [5, 5.41) is 11.8.